The van der Waals surface area contributed by atoms with Gasteiger partial charge in [0.25, 0.3) is 5.91 Å². The predicted molar refractivity (Wildman–Crippen MR) is 214 cm³/mol. The van der Waals surface area contributed by atoms with E-state index < -0.39 is 11.9 Å². The number of anilines is 2. The molecule has 57 heavy (non-hydrogen) atoms. The summed E-state index contributed by atoms with van der Waals surface area (Å²) >= 11 is 0. The summed E-state index contributed by atoms with van der Waals surface area (Å²) < 4.78 is 27.8. The van der Waals surface area contributed by atoms with Crippen LogP contribution >= 0.6 is 0 Å². The van der Waals surface area contributed by atoms with Gasteiger partial charge in [0.15, 0.2) is 0 Å². The lowest BCUT2D eigenvalue weighted by Crippen LogP contribution is -2.52. The minimum atomic E-state index is -0.612. The molecule has 2 N–H and O–H groups in total. The number of amides is 3. The summed E-state index contributed by atoms with van der Waals surface area (Å²) in [5.41, 5.74) is 6.12. The lowest BCUT2D eigenvalue weighted by molar-refractivity contribution is -0.136. The van der Waals surface area contributed by atoms with Crippen LogP contribution in [0.25, 0.3) is 0 Å². The SMILES string of the molecule is COc1cccc(C2COc3cc(O)ccc3C2c2ccc(N3CCC(CN4CCN(c5ccc6c(c5)CN([C@H]5CCC(=O)NC5=O)C6=O)CC4)CC3)c(F)c2)c1. The predicted octanol–water partition coefficient (Wildman–Crippen LogP) is 5.65. The zero-order valence-electron chi connectivity index (χ0n) is 32.2. The quantitative estimate of drug-likeness (QED) is 0.220. The van der Waals surface area contributed by atoms with Crippen LogP contribution in [0.3, 0.4) is 0 Å². The molecule has 4 aromatic carbocycles. The van der Waals surface area contributed by atoms with E-state index >= 15 is 4.39 Å². The van der Waals surface area contributed by atoms with Gasteiger partial charge >= 0.3 is 0 Å². The highest BCUT2D eigenvalue weighted by Crippen LogP contribution is 2.48. The van der Waals surface area contributed by atoms with Crippen LogP contribution in [0.15, 0.2) is 78.9 Å². The fraction of sp³-hybridized carbons (Fsp3) is 0.400. The fourth-order valence-electron chi connectivity index (χ4n) is 9.61. The van der Waals surface area contributed by atoms with Crippen molar-refractivity contribution in [2.45, 2.75) is 50.1 Å². The van der Waals surface area contributed by atoms with E-state index in [9.17, 15) is 19.5 Å². The maximum absolute atomic E-state index is 16.2. The zero-order valence-corrected chi connectivity index (χ0v) is 32.2. The molecular formula is C45H48FN5O6. The van der Waals surface area contributed by atoms with E-state index in [1.165, 1.54) is 0 Å². The van der Waals surface area contributed by atoms with Gasteiger partial charge in [-0.05, 0) is 90.4 Å². The number of hydrogen-bond acceptors (Lipinski definition) is 9. The molecule has 0 aromatic heterocycles. The maximum Gasteiger partial charge on any atom is 0.255 e. The van der Waals surface area contributed by atoms with Gasteiger partial charge in [0.2, 0.25) is 11.8 Å². The molecule has 5 aliphatic rings. The second-order valence-electron chi connectivity index (χ2n) is 16.1. The van der Waals surface area contributed by atoms with Crippen molar-refractivity contribution in [2.75, 3.05) is 69.3 Å². The number of hydrogen-bond donors (Lipinski definition) is 2. The van der Waals surface area contributed by atoms with E-state index in [1.807, 2.05) is 42.5 Å². The number of benzene rings is 4. The van der Waals surface area contributed by atoms with Gasteiger partial charge in [-0.1, -0.05) is 24.3 Å². The molecule has 296 valence electrons. The first kappa shape index (κ1) is 37.0. The Hall–Kier alpha value is -5.62. The minimum absolute atomic E-state index is 0.0723. The Morgan fingerprint density at radius 3 is 2.46 bits per heavy atom. The fourth-order valence-corrected chi connectivity index (χ4v) is 9.61. The molecule has 0 bridgehead atoms. The molecule has 12 heteroatoms. The van der Waals surface area contributed by atoms with Crippen molar-refractivity contribution in [1.82, 2.24) is 15.1 Å². The summed E-state index contributed by atoms with van der Waals surface area (Å²) in [7, 11) is 1.65. The number of phenols is 1. The van der Waals surface area contributed by atoms with Crippen molar-refractivity contribution in [1.29, 1.82) is 0 Å². The van der Waals surface area contributed by atoms with Gasteiger partial charge in [-0.3, -0.25) is 24.6 Å². The number of nitrogens with one attached hydrogen (secondary N) is 1. The van der Waals surface area contributed by atoms with Crippen LogP contribution in [0.4, 0.5) is 15.8 Å². The van der Waals surface area contributed by atoms with Gasteiger partial charge in [-0.25, -0.2) is 4.39 Å². The lowest BCUT2D eigenvalue weighted by atomic mass is 9.75. The molecule has 0 aliphatic carbocycles. The molecule has 5 aliphatic heterocycles. The van der Waals surface area contributed by atoms with Crippen molar-refractivity contribution in [3.05, 3.63) is 112 Å². The van der Waals surface area contributed by atoms with Gasteiger partial charge in [0, 0.05) is 93.5 Å². The smallest absolute Gasteiger partial charge is 0.255 e. The van der Waals surface area contributed by atoms with Crippen LogP contribution in [-0.4, -0.2) is 98.2 Å². The number of halogens is 1. The molecule has 3 fully saturated rings. The number of carbonyl (C=O) groups excluding carboxylic acids is 3. The molecule has 2 unspecified atom stereocenters. The monoisotopic (exact) mass is 773 g/mol. The number of piperidine rings is 2. The number of phenolic OH excluding ortho intramolecular Hbond substituents is 1. The van der Waals surface area contributed by atoms with Crippen LogP contribution in [0.5, 0.6) is 17.2 Å². The minimum Gasteiger partial charge on any atom is -0.508 e. The Bertz CT molecular complexity index is 2200. The van der Waals surface area contributed by atoms with E-state index in [1.54, 1.807) is 30.2 Å². The molecule has 3 saturated heterocycles. The number of imide groups is 1. The second kappa shape index (κ2) is 15.4. The molecule has 3 amide bonds. The first-order valence-electron chi connectivity index (χ1n) is 20.1. The van der Waals surface area contributed by atoms with E-state index in [-0.39, 0.29) is 41.6 Å². The van der Waals surface area contributed by atoms with Gasteiger partial charge in [0.1, 0.15) is 29.1 Å². The van der Waals surface area contributed by atoms with Gasteiger partial charge in [-0.2, -0.15) is 0 Å². The van der Waals surface area contributed by atoms with Crippen LogP contribution in [0.1, 0.15) is 70.1 Å². The van der Waals surface area contributed by atoms with E-state index in [4.69, 9.17) is 9.47 Å². The summed E-state index contributed by atoms with van der Waals surface area (Å²) in [5, 5.41) is 12.5. The third-order valence-electron chi connectivity index (χ3n) is 12.7. The Labute approximate surface area is 331 Å². The van der Waals surface area contributed by atoms with E-state index in [2.05, 4.69) is 38.2 Å². The molecule has 3 atom stereocenters. The Morgan fingerprint density at radius 2 is 1.68 bits per heavy atom. The number of methoxy groups -OCH3 is 1. The third kappa shape index (κ3) is 7.27. The Balaban J connectivity index is 0.802. The van der Waals surface area contributed by atoms with E-state index in [0.717, 1.165) is 92.3 Å². The van der Waals surface area contributed by atoms with Crippen molar-refractivity contribution in [2.24, 2.45) is 5.92 Å². The van der Waals surface area contributed by atoms with Crippen molar-refractivity contribution in [3.8, 4) is 17.2 Å². The highest BCUT2D eigenvalue weighted by Gasteiger charge is 2.40. The number of nitrogens with zero attached hydrogens (tertiary/aromatic N) is 4. The average molecular weight is 774 g/mol. The number of aromatic hydroxyl groups is 1. The molecule has 0 saturated carbocycles. The Morgan fingerprint density at radius 1 is 0.860 bits per heavy atom. The van der Waals surface area contributed by atoms with Gasteiger partial charge in [0.05, 0.1) is 19.4 Å². The summed E-state index contributed by atoms with van der Waals surface area (Å²) in [6.45, 7) is 7.06. The summed E-state index contributed by atoms with van der Waals surface area (Å²) in [4.78, 5) is 45.9. The average Bonchev–Trinajstić information content (AvgIpc) is 3.55. The highest BCUT2D eigenvalue weighted by atomic mass is 19.1. The molecule has 5 heterocycles. The first-order chi connectivity index (χ1) is 27.7. The van der Waals surface area contributed by atoms with Gasteiger partial charge < -0.3 is 29.3 Å². The number of ether oxygens (including phenoxy) is 2. The largest absolute Gasteiger partial charge is 0.508 e. The number of piperazine rings is 1. The standard InChI is InChI=1S/C45H48FN5O6/c1-56-34-4-2-3-29(22-34)37-27-57-41-24-33(52)7-9-36(41)43(37)30-5-10-39(38(46)23-30)50-15-13-28(14-16-50)25-48-17-19-49(20-18-48)32-6-8-35-31(21-32)26-51(45(35)55)40-11-12-42(53)47-44(40)54/h2-10,21-24,28,37,40,43,52H,11-20,25-27H2,1H3,(H,47,53,54)/t37?,40-,43?/m0/s1. The molecule has 11 nitrogen and oxygen atoms in total. The summed E-state index contributed by atoms with van der Waals surface area (Å²) in [5.74, 6) is 0.760. The van der Waals surface area contributed by atoms with Crippen molar-refractivity contribution < 1.29 is 33.4 Å². The molecule has 0 spiro atoms. The van der Waals surface area contributed by atoms with Crippen LogP contribution in [0.2, 0.25) is 0 Å². The number of rotatable bonds is 8. The van der Waals surface area contributed by atoms with Crippen LogP contribution in [0, 0.1) is 11.7 Å². The summed E-state index contributed by atoms with van der Waals surface area (Å²) in [6.07, 6.45) is 2.60. The molecule has 4 aromatic rings. The van der Waals surface area contributed by atoms with Gasteiger partial charge in [-0.15, -0.1) is 0 Å². The van der Waals surface area contributed by atoms with Crippen LogP contribution < -0.4 is 24.6 Å². The first-order valence-corrected chi connectivity index (χ1v) is 20.1. The topological polar surface area (TPSA) is 115 Å². The number of carbonyl (C=O) groups is 3. The third-order valence-corrected chi connectivity index (χ3v) is 12.7. The maximum atomic E-state index is 16.2. The summed E-state index contributed by atoms with van der Waals surface area (Å²) in [6, 6.07) is 24.2. The second-order valence-corrected chi connectivity index (χ2v) is 16.1. The lowest BCUT2D eigenvalue weighted by Gasteiger charge is -2.40. The number of fused-ring (bicyclic) bond motifs is 2. The zero-order chi connectivity index (χ0) is 39.2. The van der Waals surface area contributed by atoms with Crippen LogP contribution in [-0.2, 0) is 16.1 Å². The molecule has 9 rings (SSSR count). The van der Waals surface area contributed by atoms with Crippen molar-refractivity contribution >= 4 is 29.1 Å². The normalized spacial score (nSPS) is 22.9. The van der Waals surface area contributed by atoms with E-state index in [0.29, 0.717) is 42.5 Å². The van der Waals surface area contributed by atoms with Crippen molar-refractivity contribution in [3.63, 3.8) is 0 Å². The molecular weight excluding hydrogens is 726 g/mol. The molecule has 0 radical (unpaired) electrons. The Kier molecular flexibility index (Phi) is 9.98. The highest BCUT2D eigenvalue weighted by molar-refractivity contribution is 6.05.